The zero-order valence-electron chi connectivity index (χ0n) is 11.1. The van der Waals surface area contributed by atoms with Crippen LogP contribution in [0.15, 0.2) is 43.0 Å². The normalized spacial score (nSPS) is 12.3. The van der Waals surface area contributed by atoms with E-state index in [4.69, 9.17) is 0 Å². The maximum Gasteiger partial charge on any atom is 0.0992 e. The Labute approximate surface area is 109 Å². The molecule has 1 heterocycles. The number of rotatable bonds is 6. The van der Waals surface area contributed by atoms with Gasteiger partial charge in [-0.25, -0.2) is 4.98 Å². The van der Waals surface area contributed by atoms with Crippen LogP contribution in [0.2, 0.25) is 0 Å². The quantitative estimate of drug-likeness (QED) is 0.834. The van der Waals surface area contributed by atoms with Gasteiger partial charge in [-0.1, -0.05) is 32.4 Å². The van der Waals surface area contributed by atoms with Gasteiger partial charge in [0, 0.05) is 18.4 Å². The van der Waals surface area contributed by atoms with Gasteiger partial charge in [0.05, 0.1) is 17.7 Å². The number of hydrogen-bond acceptors (Lipinski definition) is 2. The molecule has 0 radical (unpaired) electrons. The molecule has 1 aromatic heterocycles. The monoisotopic (exact) mass is 243 g/mol. The van der Waals surface area contributed by atoms with Crippen molar-refractivity contribution in [3.05, 3.63) is 43.0 Å². The van der Waals surface area contributed by atoms with Gasteiger partial charge in [-0.3, -0.25) is 0 Å². The molecule has 0 fully saturated rings. The number of aromatic nitrogens is 2. The second-order valence-corrected chi connectivity index (χ2v) is 4.53. The molecule has 0 aliphatic rings. The standard InChI is InChI=1S/C15H21N3/c1-3-7-13(4-2)17-14-8-5-6-9-15(14)18-11-10-16-12-18/h5-6,8-13,17H,3-4,7H2,1-2H3. The second-order valence-electron chi connectivity index (χ2n) is 4.53. The van der Waals surface area contributed by atoms with Crippen LogP contribution in [0.5, 0.6) is 0 Å². The van der Waals surface area contributed by atoms with Gasteiger partial charge in [0.15, 0.2) is 0 Å². The highest BCUT2D eigenvalue weighted by atomic mass is 15.1. The Balaban J connectivity index is 2.22. The lowest BCUT2D eigenvalue weighted by Crippen LogP contribution is -2.19. The number of benzene rings is 1. The third kappa shape index (κ3) is 2.92. The van der Waals surface area contributed by atoms with E-state index in [1.807, 2.05) is 17.1 Å². The summed E-state index contributed by atoms with van der Waals surface area (Å²) in [6.07, 6.45) is 9.17. The molecule has 0 aliphatic heterocycles. The molecule has 1 aromatic carbocycles. The molecular formula is C15H21N3. The summed E-state index contributed by atoms with van der Waals surface area (Å²) < 4.78 is 2.04. The summed E-state index contributed by atoms with van der Waals surface area (Å²) in [5.74, 6) is 0. The molecule has 0 saturated heterocycles. The highest BCUT2D eigenvalue weighted by Gasteiger charge is 2.08. The van der Waals surface area contributed by atoms with Crippen molar-refractivity contribution in [2.75, 3.05) is 5.32 Å². The Morgan fingerprint density at radius 2 is 2.11 bits per heavy atom. The van der Waals surface area contributed by atoms with E-state index in [1.54, 1.807) is 6.20 Å². The highest BCUT2D eigenvalue weighted by Crippen LogP contribution is 2.21. The maximum atomic E-state index is 4.11. The van der Waals surface area contributed by atoms with Gasteiger partial charge in [-0.05, 0) is 25.0 Å². The van der Waals surface area contributed by atoms with Crippen LogP contribution in [0.25, 0.3) is 5.69 Å². The molecule has 1 unspecified atom stereocenters. The first-order valence-electron chi connectivity index (χ1n) is 6.69. The molecule has 0 bridgehead atoms. The Hall–Kier alpha value is -1.77. The largest absolute Gasteiger partial charge is 0.381 e. The predicted molar refractivity (Wildman–Crippen MR) is 76.2 cm³/mol. The minimum Gasteiger partial charge on any atom is -0.381 e. The van der Waals surface area contributed by atoms with Gasteiger partial charge in [0.1, 0.15) is 0 Å². The topological polar surface area (TPSA) is 29.9 Å². The van der Waals surface area contributed by atoms with Gasteiger partial charge < -0.3 is 9.88 Å². The van der Waals surface area contributed by atoms with Crippen LogP contribution in [0.1, 0.15) is 33.1 Å². The predicted octanol–water partition coefficient (Wildman–Crippen LogP) is 3.86. The van der Waals surface area contributed by atoms with Gasteiger partial charge in [0.2, 0.25) is 0 Å². The van der Waals surface area contributed by atoms with Crippen LogP contribution in [-0.2, 0) is 0 Å². The van der Waals surface area contributed by atoms with Gasteiger partial charge in [0.25, 0.3) is 0 Å². The summed E-state index contributed by atoms with van der Waals surface area (Å²) in [6, 6.07) is 8.92. The van der Waals surface area contributed by atoms with E-state index in [0.717, 1.165) is 12.1 Å². The number of imidazole rings is 1. The van der Waals surface area contributed by atoms with Crippen molar-refractivity contribution in [1.29, 1.82) is 0 Å². The minimum atomic E-state index is 0.541. The number of hydrogen-bond donors (Lipinski definition) is 1. The SMILES string of the molecule is CCCC(CC)Nc1ccccc1-n1ccnc1. The summed E-state index contributed by atoms with van der Waals surface area (Å²) in [4.78, 5) is 4.11. The van der Waals surface area contributed by atoms with Crippen LogP contribution in [0.3, 0.4) is 0 Å². The van der Waals surface area contributed by atoms with Crippen molar-refractivity contribution >= 4 is 5.69 Å². The summed E-state index contributed by atoms with van der Waals surface area (Å²) >= 11 is 0. The van der Waals surface area contributed by atoms with Crippen LogP contribution in [0.4, 0.5) is 5.69 Å². The van der Waals surface area contributed by atoms with Crippen LogP contribution >= 0.6 is 0 Å². The van der Waals surface area contributed by atoms with Crippen molar-refractivity contribution in [2.24, 2.45) is 0 Å². The first-order valence-corrected chi connectivity index (χ1v) is 6.69. The van der Waals surface area contributed by atoms with E-state index in [9.17, 15) is 0 Å². The smallest absolute Gasteiger partial charge is 0.0992 e. The minimum absolute atomic E-state index is 0.541. The molecule has 0 aliphatic carbocycles. The molecule has 3 heteroatoms. The number of nitrogens with one attached hydrogen (secondary N) is 1. The lowest BCUT2D eigenvalue weighted by atomic mass is 10.1. The summed E-state index contributed by atoms with van der Waals surface area (Å²) in [6.45, 7) is 4.46. The van der Waals surface area contributed by atoms with E-state index >= 15 is 0 Å². The molecule has 1 N–H and O–H groups in total. The fraction of sp³-hybridized carbons (Fsp3) is 0.400. The summed E-state index contributed by atoms with van der Waals surface area (Å²) in [5, 5.41) is 3.64. The molecule has 3 nitrogen and oxygen atoms in total. The molecule has 18 heavy (non-hydrogen) atoms. The van der Waals surface area contributed by atoms with Crippen molar-refractivity contribution in [2.45, 2.75) is 39.2 Å². The van der Waals surface area contributed by atoms with Gasteiger partial charge in [-0.15, -0.1) is 0 Å². The fourth-order valence-corrected chi connectivity index (χ4v) is 2.17. The fourth-order valence-electron chi connectivity index (χ4n) is 2.17. The Morgan fingerprint density at radius 3 is 2.78 bits per heavy atom. The van der Waals surface area contributed by atoms with E-state index in [0.29, 0.717) is 6.04 Å². The Kier molecular flexibility index (Phi) is 4.40. The van der Waals surface area contributed by atoms with Crippen molar-refractivity contribution < 1.29 is 0 Å². The molecule has 96 valence electrons. The van der Waals surface area contributed by atoms with E-state index in [2.05, 4.69) is 48.4 Å². The number of para-hydroxylation sites is 2. The molecule has 2 rings (SSSR count). The zero-order chi connectivity index (χ0) is 12.8. The second kappa shape index (κ2) is 6.24. The molecule has 1 atom stereocenters. The maximum absolute atomic E-state index is 4.11. The number of anilines is 1. The van der Waals surface area contributed by atoms with Crippen LogP contribution < -0.4 is 5.32 Å². The molecular weight excluding hydrogens is 222 g/mol. The Bertz CT molecular complexity index is 462. The zero-order valence-corrected chi connectivity index (χ0v) is 11.1. The van der Waals surface area contributed by atoms with Crippen LogP contribution in [-0.4, -0.2) is 15.6 Å². The number of nitrogens with zero attached hydrogens (tertiary/aromatic N) is 2. The first-order chi connectivity index (χ1) is 8.85. The third-order valence-corrected chi connectivity index (χ3v) is 3.18. The Morgan fingerprint density at radius 1 is 1.28 bits per heavy atom. The van der Waals surface area contributed by atoms with Crippen molar-refractivity contribution in [3.63, 3.8) is 0 Å². The van der Waals surface area contributed by atoms with Crippen LogP contribution in [0, 0.1) is 0 Å². The first kappa shape index (κ1) is 12.7. The molecule has 2 aromatic rings. The van der Waals surface area contributed by atoms with Crippen molar-refractivity contribution in [3.8, 4) is 5.69 Å². The lowest BCUT2D eigenvalue weighted by molar-refractivity contribution is 0.622. The molecule has 0 amide bonds. The average molecular weight is 243 g/mol. The van der Waals surface area contributed by atoms with Gasteiger partial charge >= 0.3 is 0 Å². The average Bonchev–Trinajstić information content (AvgIpc) is 2.92. The van der Waals surface area contributed by atoms with E-state index in [1.165, 1.54) is 18.5 Å². The van der Waals surface area contributed by atoms with Gasteiger partial charge in [-0.2, -0.15) is 0 Å². The molecule has 0 saturated carbocycles. The van der Waals surface area contributed by atoms with E-state index < -0.39 is 0 Å². The highest BCUT2D eigenvalue weighted by molar-refractivity contribution is 5.61. The third-order valence-electron chi connectivity index (χ3n) is 3.18. The lowest BCUT2D eigenvalue weighted by Gasteiger charge is -2.20. The molecule has 0 spiro atoms. The van der Waals surface area contributed by atoms with Crippen molar-refractivity contribution in [1.82, 2.24) is 9.55 Å². The summed E-state index contributed by atoms with van der Waals surface area (Å²) in [5.41, 5.74) is 2.33. The van der Waals surface area contributed by atoms with E-state index in [-0.39, 0.29) is 0 Å². The summed E-state index contributed by atoms with van der Waals surface area (Å²) in [7, 11) is 0.